The van der Waals surface area contributed by atoms with Gasteiger partial charge in [-0.15, -0.1) is 0 Å². The van der Waals surface area contributed by atoms with E-state index in [-0.39, 0.29) is 12.1 Å². The van der Waals surface area contributed by atoms with E-state index in [9.17, 15) is 4.79 Å². The molecule has 0 aliphatic carbocycles. The Balaban J connectivity index is 2.17. The Morgan fingerprint density at radius 2 is 2.35 bits per heavy atom. The number of hydrogen-bond donors (Lipinski definition) is 0. The molecule has 1 atom stereocenters. The molecule has 4 nitrogen and oxygen atoms in total. The predicted molar refractivity (Wildman–Crippen MR) is 64.1 cm³/mol. The second kappa shape index (κ2) is 5.19. The quantitative estimate of drug-likeness (QED) is 0.786. The van der Waals surface area contributed by atoms with Gasteiger partial charge >= 0.3 is 0 Å². The molecule has 1 aromatic carbocycles. The highest BCUT2D eigenvalue weighted by Gasteiger charge is 2.24. The maximum Gasteiger partial charge on any atom is 0.256 e. The van der Waals surface area contributed by atoms with E-state index in [0.717, 1.165) is 19.6 Å². The lowest BCUT2D eigenvalue weighted by atomic mass is 10.1. The number of nitrogens with zero attached hydrogens (tertiary/aromatic N) is 1. The van der Waals surface area contributed by atoms with Crippen molar-refractivity contribution in [1.82, 2.24) is 4.90 Å². The molecular weight excluding hydrogens is 218 g/mol. The molecule has 2 rings (SSSR count). The van der Waals surface area contributed by atoms with Crippen molar-refractivity contribution in [2.24, 2.45) is 0 Å². The number of rotatable bonds is 2. The van der Waals surface area contributed by atoms with E-state index in [1.807, 2.05) is 19.1 Å². The van der Waals surface area contributed by atoms with Gasteiger partial charge in [0.25, 0.3) is 5.91 Å². The van der Waals surface area contributed by atoms with Gasteiger partial charge in [-0.1, -0.05) is 6.07 Å². The molecule has 4 heteroatoms. The van der Waals surface area contributed by atoms with Crippen molar-refractivity contribution in [3.63, 3.8) is 0 Å². The number of hydrogen-bond acceptors (Lipinski definition) is 3. The van der Waals surface area contributed by atoms with Gasteiger partial charge in [0.05, 0.1) is 13.7 Å². The van der Waals surface area contributed by atoms with Crippen LogP contribution in [-0.2, 0) is 4.74 Å². The summed E-state index contributed by atoms with van der Waals surface area (Å²) in [5, 5.41) is 0. The maximum atomic E-state index is 12.3. The third-order valence-electron chi connectivity index (χ3n) is 2.92. The van der Waals surface area contributed by atoms with Gasteiger partial charge in [0.15, 0.2) is 0 Å². The molecule has 1 aliphatic heterocycles. The van der Waals surface area contributed by atoms with Gasteiger partial charge in [-0.3, -0.25) is 4.79 Å². The Hall–Kier alpha value is -1.55. The monoisotopic (exact) mass is 235 g/mol. The van der Waals surface area contributed by atoms with Crippen LogP contribution in [0.2, 0.25) is 0 Å². The van der Waals surface area contributed by atoms with E-state index >= 15 is 0 Å². The minimum atomic E-state index is -0.151. The summed E-state index contributed by atoms with van der Waals surface area (Å²) in [6, 6.07) is 7.20. The highest BCUT2D eigenvalue weighted by Crippen LogP contribution is 2.18. The molecule has 0 radical (unpaired) electrons. The molecule has 1 aromatic rings. The Bertz CT molecular complexity index is 405. The number of benzene rings is 1. The van der Waals surface area contributed by atoms with Crippen LogP contribution in [0.4, 0.5) is 0 Å². The maximum absolute atomic E-state index is 12.3. The second-order valence-corrected chi connectivity index (χ2v) is 4.05. The van der Waals surface area contributed by atoms with Gasteiger partial charge in [0.2, 0.25) is 0 Å². The van der Waals surface area contributed by atoms with Crippen LogP contribution in [0, 0.1) is 0 Å². The molecule has 0 aromatic heterocycles. The zero-order valence-corrected chi connectivity index (χ0v) is 10.2. The molecule has 0 N–H and O–H groups in total. The van der Waals surface area contributed by atoms with Gasteiger partial charge in [0, 0.05) is 12.1 Å². The van der Waals surface area contributed by atoms with Crippen LogP contribution in [0.25, 0.3) is 0 Å². The summed E-state index contributed by atoms with van der Waals surface area (Å²) in [6.07, 6.45) is 0.738. The van der Waals surface area contributed by atoms with Crippen LogP contribution < -0.4 is 4.74 Å². The van der Waals surface area contributed by atoms with Crippen LogP contribution in [0.1, 0.15) is 23.7 Å². The minimum Gasteiger partial charge on any atom is -0.497 e. The highest BCUT2D eigenvalue weighted by atomic mass is 16.5. The van der Waals surface area contributed by atoms with Crippen LogP contribution in [-0.4, -0.2) is 37.3 Å². The number of carbonyl (C=O) groups is 1. The molecule has 92 valence electrons. The van der Waals surface area contributed by atoms with Crippen molar-refractivity contribution in [2.45, 2.75) is 19.6 Å². The third kappa shape index (κ3) is 2.58. The first-order valence-corrected chi connectivity index (χ1v) is 5.79. The van der Waals surface area contributed by atoms with Crippen molar-refractivity contribution in [2.75, 3.05) is 20.3 Å². The second-order valence-electron chi connectivity index (χ2n) is 4.05. The Kier molecular flexibility index (Phi) is 3.64. The molecule has 0 bridgehead atoms. The highest BCUT2D eigenvalue weighted by molar-refractivity contribution is 5.94. The normalized spacial score (nSPS) is 20.1. The first-order valence-electron chi connectivity index (χ1n) is 5.79. The van der Waals surface area contributed by atoms with Gasteiger partial charge < -0.3 is 14.4 Å². The van der Waals surface area contributed by atoms with E-state index in [1.165, 1.54) is 0 Å². The topological polar surface area (TPSA) is 38.8 Å². The molecule has 0 spiro atoms. The minimum absolute atomic E-state index is 0.00361. The lowest BCUT2D eigenvalue weighted by Crippen LogP contribution is -2.44. The van der Waals surface area contributed by atoms with Crippen molar-refractivity contribution in [3.8, 4) is 5.75 Å². The lowest BCUT2D eigenvalue weighted by Gasteiger charge is -2.33. The van der Waals surface area contributed by atoms with Gasteiger partial charge in [0.1, 0.15) is 12.0 Å². The molecular formula is C13H17NO3. The van der Waals surface area contributed by atoms with E-state index in [2.05, 4.69) is 0 Å². The summed E-state index contributed by atoms with van der Waals surface area (Å²) in [7, 11) is 1.59. The Morgan fingerprint density at radius 1 is 1.53 bits per heavy atom. The summed E-state index contributed by atoms with van der Waals surface area (Å²) in [5.74, 6) is 0.692. The third-order valence-corrected chi connectivity index (χ3v) is 2.92. The van der Waals surface area contributed by atoms with Gasteiger partial charge in [-0.05, 0) is 31.5 Å². The molecule has 1 aliphatic rings. The summed E-state index contributed by atoms with van der Waals surface area (Å²) < 4.78 is 10.6. The van der Waals surface area contributed by atoms with E-state index in [0.29, 0.717) is 11.3 Å². The van der Waals surface area contributed by atoms with Crippen LogP contribution in [0.15, 0.2) is 24.3 Å². The van der Waals surface area contributed by atoms with Gasteiger partial charge in [-0.2, -0.15) is 0 Å². The summed E-state index contributed by atoms with van der Waals surface area (Å²) in [5.41, 5.74) is 0.640. The van der Waals surface area contributed by atoms with Crippen LogP contribution in [0.3, 0.4) is 0 Å². The standard InChI is InChI=1S/C13H17NO3/c1-10-14(7-4-8-17-10)13(15)11-5-3-6-12(9-11)16-2/h3,5-6,9-10H,4,7-8H2,1-2H3. The smallest absolute Gasteiger partial charge is 0.256 e. The van der Waals surface area contributed by atoms with Crippen molar-refractivity contribution >= 4 is 5.91 Å². The largest absolute Gasteiger partial charge is 0.497 e. The molecule has 1 heterocycles. The molecule has 1 saturated heterocycles. The van der Waals surface area contributed by atoms with Crippen molar-refractivity contribution in [1.29, 1.82) is 0 Å². The van der Waals surface area contributed by atoms with Crippen molar-refractivity contribution < 1.29 is 14.3 Å². The SMILES string of the molecule is COc1cccc(C(=O)N2CCCOC2C)c1. The van der Waals surface area contributed by atoms with Crippen molar-refractivity contribution in [3.05, 3.63) is 29.8 Å². The predicted octanol–water partition coefficient (Wildman–Crippen LogP) is 1.90. The molecule has 17 heavy (non-hydrogen) atoms. The van der Waals surface area contributed by atoms with Crippen LogP contribution >= 0.6 is 0 Å². The fourth-order valence-electron chi connectivity index (χ4n) is 1.95. The average molecular weight is 235 g/mol. The number of methoxy groups -OCH3 is 1. The van der Waals surface area contributed by atoms with Gasteiger partial charge in [-0.25, -0.2) is 0 Å². The summed E-state index contributed by atoms with van der Waals surface area (Å²) in [6.45, 7) is 3.37. The summed E-state index contributed by atoms with van der Waals surface area (Å²) in [4.78, 5) is 14.0. The molecule has 0 saturated carbocycles. The number of ether oxygens (including phenoxy) is 2. The van der Waals surface area contributed by atoms with E-state index in [4.69, 9.17) is 9.47 Å². The molecule has 1 fully saturated rings. The zero-order chi connectivity index (χ0) is 12.3. The number of carbonyl (C=O) groups excluding carboxylic acids is 1. The fraction of sp³-hybridized carbons (Fsp3) is 0.462. The summed E-state index contributed by atoms with van der Waals surface area (Å²) >= 11 is 0. The Morgan fingerprint density at radius 3 is 3.06 bits per heavy atom. The molecule has 1 amide bonds. The van der Waals surface area contributed by atoms with E-state index < -0.39 is 0 Å². The van der Waals surface area contributed by atoms with E-state index in [1.54, 1.807) is 24.1 Å². The first kappa shape index (κ1) is 11.9. The Labute approximate surface area is 101 Å². The fourth-order valence-corrected chi connectivity index (χ4v) is 1.95. The number of amides is 1. The van der Waals surface area contributed by atoms with Crippen LogP contribution in [0.5, 0.6) is 5.75 Å². The lowest BCUT2D eigenvalue weighted by molar-refractivity contribution is -0.0661. The first-order chi connectivity index (χ1) is 8.22. The average Bonchev–Trinajstić information content (AvgIpc) is 2.38. The molecule has 1 unspecified atom stereocenters. The zero-order valence-electron chi connectivity index (χ0n) is 10.2.